The van der Waals surface area contributed by atoms with Crippen LogP contribution in [0.4, 0.5) is 0 Å². The summed E-state index contributed by atoms with van der Waals surface area (Å²) in [6.07, 6.45) is 3.17. The highest BCUT2D eigenvalue weighted by atomic mass is 79.9. The van der Waals surface area contributed by atoms with E-state index in [-0.39, 0.29) is 6.04 Å². The Balaban J connectivity index is 2.24. The van der Waals surface area contributed by atoms with Gasteiger partial charge in [0.2, 0.25) is 0 Å². The minimum Gasteiger partial charge on any atom is -0.455 e. The Bertz CT molecular complexity index is 560. The molecule has 0 aliphatic rings. The van der Waals surface area contributed by atoms with Crippen LogP contribution < -0.4 is 10.5 Å². The molecule has 0 spiro atoms. The van der Waals surface area contributed by atoms with Crippen LogP contribution in [0.1, 0.15) is 18.5 Å². The number of aromatic nitrogens is 1. The molecule has 0 aliphatic carbocycles. The highest BCUT2D eigenvalue weighted by Gasteiger charge is 2.07. The average molecular weight is 328 g/mol. The molecule has 5 heteroatoms. The first-order valence-corrected chi connectivity index (χ1v) is 6.57. The van der Waals surface area contributed by atoms with E-state index in [9.17, 15) is 0 Å². The Morgan fingerprint density at radius 1 is 1.33 bits per heavy atom. The standard InChI is InChI=1S/C13H12BrClN2O/c1-8(16)9-2-3-13(12(14)4-9)18-11-5-10(15)6-17-7-11/h2-8H,16H2,1H3/t8-/m0/s1. The van der Waals surface area contributed by atoms with Crippen molar-refractivity contribution in [1.82, 2.24) is 4.98 Å². The predicted molar refractivity (Wildman–Crippen MR) is 76.1 cm³/mol. The lowest BCUT2D eigenvalue weighted by Crippen LogP contribution is -2.04. The van der Waals surface area contributed by atoms with Crippen molar-refractivity contribution in [3.8, 4) is 11.5 Å². The van der Waals surface area contributed by atoms with Crippen molar-refractivity contribution in [3.63, 3.8) is 0 Å². The van der Waals surface area contributed by atoms with Gasteiger partial charge in [0.25, 0.3) is 0 Å². The molecule has 0 unspecified atom stereocenters. The van der Waals surface area contributed by atoms with E-state index in [4.69, 9.17) is 22.1 Å². The third-order valence-corrected chi connectivity index (χ3v) is 3.22. The van der Waals surface area contributed by atoms with Crippen LogP contribution in [0, 0.1) is 0 Å². The van der Waals surface area contributed by atoms with Crippen molar-refractivity contribution >= 4 is 27.5 Å². The van der Waals surface area contributed by atoms with Crippen molar-refractivity contribution in [2.45, 2.75) is 13.0 Å². The normalized spacial score (nSPS) is 12.2. The third kappa shape index (κ3) is 3.22. The molecule has 3 nitrogen and oxygen atoms in total. The first-order valence-electron chi connectivity index (χ1n) is 5.39. The number of hydrogen-bond acceptors (Lipinski definition) is 3. The van der Waals surface area contributed by atoms with Crippen LogP contribution in [-0.4, -0.2) is 4.98 Å². The van der Waals surface area contributed by atoms with Gasteiger partial charge in [-0.15, -0.1) is 0 Å². The lowest BCUT2D eigenvalue weighted by molar-refractivity contribution is 0.477. The maximum absolute atomic E-state index is 5.85. The van der Waals surface area contributed by atoms with Gasteiger partial charge in [0.05, 0.1) is 15.7 Å². The van der Waals surface area contributed by atoms with Crippen LogP contribution in [0.15, 0.2) is 41.1 Å². The SMILES string of the molecule is C[C@H](N)c1ccc(Oc2cncc(Cl)c2)c(Br)c1. The van der Waals surface area contributed by atoms with Crippen LogP contribution in [-0.2, 0) is 0 Å². The van der Waals surface area contributed by atoms with E-state index >= 15 is 0 Å². The maximum atomic E-state index is 5.85. The predicted octanol–water partition coefficient (Wildman–Crippen LogP) is 4.31. The van der Waals surface area contributed by atoms with E-state index in [0.717, 1.165) is 10.0 Å². The summed E-state index contributed by atoms with van der Waals surface area (Å²) >= 11 is 9.30. The van der Waals surface area contributed by atoms with Crippen molar-refractivity contribution in [2.75, 3.05) is 0 Å². The van der Waals surface area contributed by atoms with E-state index in [1.54, 1.807) is 18.5 Å². The number of ether oxygens (including phenoxy) is 1. The molecule has 1 aromatic heterocycles. The fourth-order valence-electron chi connectivity index (χ4n) is 1.46. The van der Waals surface area contributed by atoms with Gasteiger partial charge in [-0.2, -0.15) is 0 Å². The van der Waals surface area contributed by atoms with Crippen molar-refractivity contribution in [1.29, 1.82) is 0 Å². The summed E-state index contributed by atoms with van der Waals surface area (Å²) in [6.45, 7) is 1.93. The summed E-state index contributed by atoms with van der Waals surface area (Å²) in [6, 6.07) is 7.44. The second kappa shape index (κ2) is 5.69. The lowest BCUT2D eigenvalue weighted by Gasteiger charge is -2.11. The second-order valence-corrected chi connectivity index (χ2v) is 5.21. The molecule has 0 bridgehead atoms. The van der Waals surface area contributed by atoms with E-state index in [1.807, 2.05) is 25.1 Å². The van der Waals surface area contributed by atoms with Gasteiger partial charge in [-0.1, -0.05) is 17.7 Å². The van der Waals surface area contributed by atoms with Gasteiger partial charge in [0, 0.05) is 18.3 Å². The number of nitrogens with two attached hydrogens (primary N) is 1. The minimum atomic E-state index is -0.0109. The molecule has 2 rings (SSSR count). The van der Waals surface area contributed by atoms with Crippen LogP contribution in [0.2, 0.25) is 5.02 Å². The van der Waals surface area contributed by atoms with Crippen LogP contribution in [0.3, 0.4) is 0 Å². The van der Waals surface area contributed by atoms with E-state index in [2.05, 4.69) is 20.9 Å². The Hall–Kier alpha value is -1.10. The molecule has 0 amide bonds. The Labute approximate surface area is 119 Å². The van der Waals surface area contributed by atoms with Gasteiger partial charge in [0.1, 0.15) is 11.5 Å². The second-order valence-electron chi connectivity index (χ2n) is 3.92. The monoisotopic (exact) mass is 326 g/mol. The summed E-state index contributed by atoms with van der Waals surface area (Å²) in [5, 5.41) is 0.538. The maximum Gasteiger partial charge on any atom is 0.147 e. The molecule has 2 N–H and O–H groups in total. The number of halogens is 2. The van der Waals surface area contributed by atoms with Crippen LogP contribution in [0.5, 0.6) is 11.5 Å². The Morgan fingerprint density at radius 3 is 2.72 bits per heavy atom. The third-order valence-electron chi connectivity index (χ3n) is 2.39. The van der Waals surface area contributed by atoms with Crippen molar-refractivity contribution < 1.29 is 4.74 Å². The fourth-order valence-corrected chi connectivity index (χ4v) is 2.10. The zero-order chi connectivity index (χ0) is 13.1. The first kappa shape index (κ1) is 13.3. The lowest BCUT2D eigenvalue weighted by atomic mass is 10.1. The molecule has 0 radical (unpaired) electrons. The molecule has 0 aliphatic heterocycles. The summed E-state index contributed by atoms with van der Waals surface area (Å²) in [7, 11) is 0. The van der Waals surface area contributed by atoms with Crippen molar-refractivity contribution in [2.24, 2.45) is 5.73 Å². The summed E-state index contributed by atoms with van der Waals surface area (Å²) < 4.78 is 6.53. The van der Waals surface area contributed by atoms with Crippen LogP contribution in [0.25, 0.3) is 0 Å². The quantitative estimate of drug-likeness (QED) is 0.914. The zero-order valence-corrected chi connectivity index (χ0v) is 12.1. The van der Waals surface area contributed by atoms with Gasteiger partial charge < -0.3 is 10.5 Å². The molecule has 1 heterocycles. The summed E-state index contributed by atoms with van der Waals surface area (Å²) in [4.78, 5) is 3.96. The highest BCUT2D eigenvalue weighted by molar-refractivity contribution is 9.10. The largest absolute Gasteiger partial charge is 0.455 e. The minimum absolute atomic E-state index is 0.0109. The smallest absolute Gasteiger partial charge is 0.147 e. The van der Waals surface area contributed by atoms with Crippen LogP contribution >= 0.6 is 27.5 Å². The number of hydrogen-bond donors (Lipinski definition) is 1. The van der Waals surface area contributed by atoms with Gasteiger partial charge in [-0.25, -0.2) is 0 Å². The Morgan fingerprint density at radius 2 is 2.11 bits per heavy atom. The van der Waals surface area contributed by atoms with Gasteiger partial charge >= 0.3 is 0 Å². The van der Waals surface area contributed by atoms with Gasteiger partial charge in [0.15, 0.2) is 0 Å². The number of rotatable bonds is 3. The number of pyridine rings is 1. The molecule has 2 aromatic rings. The molecule has 0 saturated heterocycles. The molecular formula is C13H12BrClN2O. The summed E-state index contributed by atoms with van der Waals surface area (Å²) in [5.74, 6) is 1.29. The Kier molecular flexibility index (Phi) is 4.22. The summed E-state index contributed by atoms with van der Waals surface area (Å²) in [5.41, 5.74) is 6.86. The molecule has 0 saturated carbocycles. The molecule has 18 heavy (non-hydrogen) atoms. The molecule has 0 fully saturated rings. The molecular weight excluding hydrogens is 316 g/mol. The van der Waals surface area contributed by atoms with E-state index < -0.39 is 0 Å². The average Bonchev–Trinajstić information content (AvgIpc) is 2.31. The topological polar surface area (TPSA) is 48.1 Å². The van der Waals surface area contributed by atoms with E-state index in [0.29, 0.717) is 16.5 Å². The molecule has 1 aromatic carbocycles. The first-order chi connectivity index (χ1) is 8.56. The van der Waals surface area contributed by atoms with Gasteiger partial charge in [-0.3, -0.25) is 4.98 Å². The molecule has 1 atom stereocenters. The molecule has 94 valence electrons. The number of nitrogens with zero attached hydrogens (tertiary/aromatic N) is 1. The highest BCUT2D eigenvalue weighted by Crippen LogP contribution is 2.32. The fraction of sp³-hybridized carbons (Fsp3) is 0.154. The van der Waals surface area contributed by atoms with E-state index in [1.165, 1.54) is 0 Å². The zero-order valence-electron chi connectivity index (χ0n) is 9.73. The van der Waals surface area contributed by atoms with Crippen molar-refractivity contribution in [3.05, 3.63) is 51.7 Å². The number of benzene rings is 1. The van der Waals surface area contributed by atoms with Gasteiger partial charge in [-0.05, 0) is 40.5 Å².